The summed E-state index contributed by atoms with van der Waals surface area (Å²) in [7, 11) is 0. The Labute approximate surface area is 63.4 Å². The van der Waals surface area contributed by atoms with E-state index in [9.17, 15) is 0 Å². The Bertz CT molecular complexity index is 141. The van der Waals surface area contributed by atoms with Crippen LogP contribution in [0.1, 0.15) is 33.1 Å². The number of hydrogen-bond donors (Lipinski definition) is 0. The first kappa shape index (κ1) is 9.23. The van der Waals surface area contributed by atoms with Gasteiger partial charge < -0.3 is 0 Å². The molecule has 0 aliphatic carbocycles. The number of hydrogen-bond acceptors (Lipinski definition) is 1. The fraction of sp³-hybridized carbons (Fsp3) is 0.667. The van der Waals surface area contributed by atoms with Crippen molar-refractivity contribution in [3.8, 4) is 6.07 Å². The third-order valence-corrected chi connectivity index (χ3v) is 1.66. The summed E-state index contributed by atoms with van der Waals surface area (Å²) in [6.45, 7) is 7.88. The van der Waals surface area contributed by atoms with E-state index in [4.69, 9.17) is 5.26 Å². The quantitative estimate of drug-likeness (QED) is 0.546. The van der Waals surface area contributed by atoms with Crippen LogP contribution in [0.25, 0.3) is 0 Å². The predicted molar refractivity (Wildman–Crippen MR) is 43.4 cm³/mol. The van der Waals surface area contributed by atoms with Crippen LogP contribution in [0.4, 0.5) is 0 Å². The Morgan fingerprint density at radius 2 is 2.30 bits per heavy atom. The highest BCUT2D eigenvalue weighted by atomic mass is 14.3. The number of nitriles is 1. The first-order valence-electron chi connectivity index (χ1n) is 3.79. The zero-order chi connectivity index (χ0) is 7.98. The van der Waals surface area contributed by atoms with Crippen molar-refractivity contribution in [2.24, 2.45) is 5.92 Å². The minimum atomic E-state index is 0.0338. The molecule has 0 N–H and O–H groups in total. The molecule has 0 spiro atoms. The maximum Gasteiger partial charge on any atom is 0.0697 e. The monoisotopic (exact) mass is 137 g/mol. The lowest BCUT2D eigenvalue weighted by molar-refractivity contribution is 0.724. The molecule has 0 fully saturated rings. The van der Waals surface area contributed by atoms with Crippen LogP contribution in [-0.4, -0.2) is 0 Å². The molecule has 1 atom stereocenters. The lowest BCUT2D eigenvalue weighted by atomic mass is 9.99. The number of unbranched alkanes of at least 4 members (excludes halogenated alkanes) is 1. The molecule has 56 valence electrons. The summed E-state index contributed by atoms with van der Waals surface area (Å²) in [5.74, 6) is 0.0338. The number of allylic oxidation sites excluding steroid dienone is 1. The van der Waals surface area contributed by atoms with Crippen LogP contribution in [0.5, 0.6) is 0 Å². The number of rotatable bonds is 4. The molecule has 0 bridgehead atoms. The van der Waals surface area contributed by atoms with Gasteiger partial charge in [0.05, 0.1) is 12.0 Å². The van der Waals surface area contributed by atoms with Crippen molar-refractivity contribution < 1.29 is 0 Å². The van der Waals surface area contributed by atoms with E-state index in [0.29, 0.717) is 0 Å². The molecular weight excluding hydrogens is 122 g/mol. The third kappa shape index (κ3) is 3.29. The molecule has 10 heavy (non-hydrogen) atoms. The lowest BCUT2D eigenvalue weighted by Gasteiger charge is -2.04. The van der Waals surface area contributed by atoms with Gasteiger partial charge >= 0.3 is 0 Å². The normalized spacial score (nSPS) is 12.1. The zero-order valence-corrected chi connectivity index (χ0v) is 6.85. The van der Waals surface area contributed by atoms with E-state index in [1.54, 1.807) is 0 Å². The summed E-state index contributed by atoms with van der Waals surface area (Å²) < 4.78 is 0. The second-order valence-corrected chi connectivity index (χ2v) is 2.61. The molecule has 0 amide bonds. The van der Waals surface area contributed by atoms with Gasteiger partial charge in [-0.25, -0.2) is 0 Å². The topological polar surface area (TPSA) is 23.8 Å². The van der Waals surface area contributed by atoms with Crippen LogP contribution in [0.2, 0.25) is 0 Å². The van der Waals surface area contributed by atoms with Crippen molar-refractivity contribution >= 4 is 0 Å². The summed E-state index contributed by atoms with van der Waals surface area (Å²) in [6.07, 6.45) is 3.34. The number of nitrogens with zero attached hydrogens (tertiary/aromatic N) is 1. The van der Waals surface area contributed by atoms with Crippen LogP contribution in [0.15, 0.2) is 12.2 Å². The van der Waals surface area contributed by atoms with Crippen molar-refractivity contribution in [1.29, 1.82) is 5.26 Å². The van der Waals surface area contributed by atoms with Crippen LogP contribution >= 0.6 is 0 Å². The fourth-order valence-electron chi connectivity index (χ4n) is 0.712. The molecule has 0 aromatic heterocycles. The van der Waals surface area contributed by atoms with Crippen molar-refractivity contribution in [2.75, 3.05) is 0 Å². The Morgan fingerprint density at radius 1 is 1.70 bits per heavy atom. The standard InChI is InChI=1S/C9H15N/c1-4-5-6-8(2)9(3)7-10/h9H,2,4-6H2,1,3H3. The molecule has 0 radical (unpaired) electrons. The highest BCUT2D eigenvalue weighted by Crippen LogP contribution is 2.13. The maximum absolute atomic E-state index is 8.49. The largest absolute Gasteiger partial charge is 0.198 e. The van der Waals surface area contributed by atoms with E-state index in [-0.39, 0.29) is 5.92 Å². The summed E-state index contributed by atoms with van der Waals surface area (Å²) in [6, 6.07) is 2.17. The third-order valence-electron chi connectivity index (χ3n) is 1.66. The molecule has 0 aliphatic heterocycles. The first-order valence-corrected chi connectivity index (χ1v) is 3.79. The van der Waals surface area contributed by atoms with Crippen LogP contribution in [0, 0.1) is 17.2 Å². The molecule has 0 saturated carbocycles. The van der Waals surface area contributed by atoms with Gasteiger partial charge in [-0.3, -0.25) is 0 Å². The smallest absolute Gasteiger partial charge is 0.0697 e. The molecule has 0 rings (SSSR count). The Balaban J connectivity index is 3.54. The Kier molecular flexibility index (Phi) is 4.66. The molecular formula is C9H15N. The summed E-state index contributed by atoms with van der Waals surface area (Å²) in [5, 5.41) is 8.49. The zero-order valence-electron chi connectivity index (χ0n) is 6.85. The van der Waals surface area contributed by atoms with Gasteiger partial charge in [0.15, 0.2) is 0 Å². The van der Waals surface area contributed by atoms with Crippen LogP contribution < -0.4 is 0 Å². The molecule has 1 unspecified atom stereocenters. The lowest BCUT2D eigenvalue weighted by Crippen LogP contribution is -1.93. The molecule has 0 aromatic rings. The molecule has 0 aromatic carbocycles. The molecule has 1 nitrogen and oxygen atoms in total. The minimum absolute atomic E-state index is 0.0338. The second kappa shape index (κ2) is 5.05. The van der Waals surface area contributed by atoms with Crippen molar-refractivity contribution in [3.63, 3.8) is 0 Å². The molecule has 0 aliphatic rings. The van der Waals surface area contributed by atoms with Gasteiger partial charge in [-0.1, -0.05) is 25.5 Å². The van der Waals surface area contributed by atoms with Crippen LogP contribution in [0.3, 0.4) is 0 Å². The van der Waals surface area contributed by atoms with E-state index in [1.165, 1.54) is 6.42 Å². The van der Waals surface area contributed by atoms with E-state index in [1.807, 2.05) is 6.92 Å². The highest BCUT2D eigenvalue weighted by Gasteiger charge is 2.02. The SMILES string of the molecule is C=C(CCCC)C(C)C#N. The van der Waals surface area contributed by atoms with E-state index in [2.05, 4.69) is 19.6 Å². The van der Waals surface area contributed by atoms with Gasteiger partial charge in [0, 0.05) is 0 Å². The van der Waals surface area contributed by atoms with Crippen molar-refractivity contribution in [2.45, 2.75) is 33.1 Å². The molecule has 0 heterocycles. The maximum atomic E-state index is 8.49. The summed E-state index contributed by atoms with van der Waals surface area (Å²) in [5.41, 5.74) is 1.07. The predicted octanol–water partition coefficient (Wildman–Crippen LogP) is 2.89. The minimum Gasteiger partial charge on any atom is -0.198 e. The van der Waals surface area contributed by atoms with Gasteiger partial charge in [0.2, 0.25) is 0 Å². The van der Waals surface area contributed by atoms with Gasteiger partial charge in [-0.15, -0.1) is 0 Å². The second-order valence-electron chi connectivity index (χ2n) is 2.61. The summed E-state index contributed by atoms with van der Waals surface area (Å²) >= 11 is 0. The van der Waals surface area contributed by atoms with Gasteiger partial charge in [-0.2, -0.15) is 5.26 Å². The average molecular weight is 137 g/mol. The highest BCUT2D eigenvalue weighted by molar-refractivity contribution is 5.07. The fourth-order valence-corrected chi connectivity index (χ4v) is 0.712. The van der Waals surface area contributed by atoms with E-state index < -0.39 is 0 Å². The summed E-state index contributed by atoms with van der Waals surface area (Å²) in [4.78, 5) is 0. The van der Waals surface area contributed by atoms with Crippen molar-refractivity contribution in [1.82, 2.24) is 0 Å². The Hall–Kier alpha value is -0.770. The van der Waals surface area contributed by atoms with Crippen molar-refractivity contribution in [3.05, 3.63) is 12.2 Å². The van der Waals surface area contributed by atoms with Gasteiger partial charge in [-0.05, 0) is 19.8 Å². The van der Waals surface area contributed by atoms with E-state index in [0.717, 1.165) is 18.4 Å². The molecule has 0 saturated heterocycles. The van der Waals surface area contributed by atoms with Crippen LogP contribution in [-0.2, 0) is 0 Å². The average Bonchev–Trinajstić information content (AvgIpc) is 1.98. The van der Waals surface area contributed by atoms with Gasteiger partial charge in [0.1, 0.15) is 0 Å². The molecule has 1 heteroatoms. The first-order chi connectivity index (χ1) is 4.72. The van der Waals surface area contributed by atoms with Gasteiger partial charge in [0.25, 0.3) is 0 Å². The van der Waals surface area contributed by atoms with E-state index >= 15 is 0 Å². The Morgan fingerprint density at radius 3 is 2.70 bits per heavy atom.